The van der Waals surface area contributed by atoms with Gasteiger partial charge >= 0.3 is 0 Å². The molecular weight excluding hydrogens is 356 g/mol. The number of rotatable bonds is 4. The summed E-state index contributed by atoms with van der Waals surface area (Å²) in [4.78, 5) is 14.0. The van der Waals surface area contributed by atoms with E-state index in [1.165, 1.54) is 18.2 Å². The lowest BCUT2D eigenvalue weighted by Crippen LogP contribution is -2.50. The molecule has 2 aromatic carbocycles. The van der Waals surface area contributed by atoms with E-state index in [0.717, 1.165) is 0 Å². The van der Waals surface area contributed by atoms with Gasteiger partial charge in [0.05, 0.1) is 4.90 Å². The van der Waals surface area contributed by atoms with Crippen LogP contribution in [0.2, 0.25) is 5.02 Å². The molecule has 0 unspecified atom stereocenters. The highest BCUT2D eigenvalue weighted by molar-refractivity contribution is 7.89. The summed E-state index contributed by atoms with van der Waals surface area (Å²) in [6.45, 7) is -0.0261. The van der Waals surface area contributed by atoms with E-state index in [9.17, 15) is 13.2 Å². The van der Waals surface area contributed by atoms with E-state index < -0.39 is 22.0 Å². The Balaban J connectivity index is 1.64. The van der Waals surface area contributed by atoms with E-state index in [1.54, 1.807) is 30.3 Å². The van der Waals surface area contributed by atoms with Gasteiger partial charge in [-0.1, -0.05) is 29.8 Å². The van der Waals surface area contributed by atoms with E-state index in [1.807, 2.05) is 4.83 Å². The van der Waals surface area contributed by atoms with Crippen molar-refractivity contribution < 1.29 is 22.7 Å². The maximum Gasteiger partial charge on any atom is 0.279 e. The molecule has 2 aromatic rings. The quantitative estimate of drug-likeness (QED) is 0.797. The van der Waals surface area contributed by atoms with Crippen LogP contribution in [0.5, 0.6) is 11.5 Å². The number of carbonyl (C=O) groups excluding carboxylic acids is 1. The number of nitrogens with one attached hydrogen (secondary N) is 2. The smallest absolute Gasteiger partial charge is 0.279 e. The minimum atomic E-state index is -3.94. The first kappa shape index (κ1) is 16.6. The molecular formula is C15H13ClN2O5S. The number of ether oxygens (including phenoxy) is 2. The summed E-state index contributed by atoms with van der Waals surface area (Å²) in [6, 6.07) is 12.6. The molecule has 0 bridgehead atoms. The second-order valence-corrected chi connectivity index (χ2v) is 7.04. The summed E-state index contributed by atoms with van der Waals surface area (Å²) in [6.07, 6.45) is -0.970. The van der Waals surface area contributed by atoms with Gasteiger partial charge in [0.15, 0.2) is 11.5 Å². The van der Waals surface area contributed by atoms with Gasteiger partial charge in [0, 0.05) is 5.02 Å². The molecule has 0 spiro atoms. The summed E-state index contributed by atoms with van der Waals surface area (Å²) < 4.78 is 35.1. The lowest BCUT2D eigenvalue weighted by Gasteiger charge is -2.25. The predicted molar refractivity (Wildman–Crippen MR) is 86.3 cm³/mol. The second kappa shape index (κ2) is 6.68. The number of carbonyl (C=O) groups is 1. The molecule has 1 amide bonds. The second-order valence-electron chi connectivity index (χ2n) is 4.92. The largest absolute Gasteiger partial charge is 0.485 e. The van der Waals surface area contributed by atoms with Crippen molar-refractivity contribution in [3.05, 3.63) is 53.6 Å². The first-order valence-corrected chi connectivity index (χ1v) is 8.77. The Morgan fingerprint density at radius 3 is 2.62 bits per heavy atom. The summed E-state index contributed by atoms with van der Waals surface area (Å²) in [5.41, 5.74) is 2.12. The molecule has 0 radical (unpaired) electrons. The Bertz CT molecular complexity index is 872. The van der Waals surface area contributed by atoms with Crippen molar-refractivity contribution in [1.82, 2.24) is 10.3 Å². The molecule has 9 heteroatoms. The van der Waals surface area contributed by atoms with E-state index in [2.05, 4.69) is 5.43 Å². The van der Waals surface area contributed by atoms with Crippen LogP contribution in [0.4, 0.5) is 0 Å². The predicted octanol–water partition coefficient (Wildman–Crippen LogP) is 1.49. The topological polar surface area (TPSA) is 93.7 Å². The average molecular weight is 369 g/mol. The van der Waals surface area contributed by atoms with Gasteiger partial charge in [-0.15, -0.1) is 4.83 Å². The molecule has 0 aliphatic carbocycles. The number of halogens is 1. The number of amides is 1. The molecule has 3 rings (SSSR count). The molecule has 1 aliphatic heterocycles. The van der Waals surface area contributed by atoms with E-state index in [-0.39, 0.29) is 16.5 Å². The van der Waals surface area contributed by atoms with E-state index in [0.29, 0.717) is 11.5 Å². The molecule has 0 saturated carbocycles. The van der Waals surface area contributed by atoms with Crippen molar-refractivity contribution in [2.75, 3.05) is 6.61 Å². The highest BCUT2D eigenvalue weighted by atomic mass is 35.5. The number of hydrazine groups is 1. The molecule has 0 saturated heterocycles. The first-order valence-electron chi connectivity index (χ1n) is 6.91. The third-order valence-electron chi connectivity index (χ3n) is 3.22. The fraction of sp³-hybridized carbons (Fsp3) is 0.133. The third kappa shape index (κ3) is 3.61. The van der Waals surface area contributed by atoms with Gasteiger partial charge in [-0.05, 0) is 30.3 Å². The van der Waals surface area contributed by atoms with Crippen molar-refractivity contribution in [3.8, 4) is 11.5 Å². The normalized spacial score (nSPS) is 16.5. The van der Waals surface area contributed by atoms with Gasteiger partial charge in [0.1, 0.15) is 6.61 Å². The number of hydrogen-bond donors (Lipinski definition) is 2. The van der Waals surface area contributed by atoms with E-state index in [4.69, 9.17) is 21.1 Å². The summed E-state index contributed by atoms with van der Waals surface area (Å²) in [5, 5.41) is 0.268. The maximum absolute atomic E-state index is 12.1. The Morgan fingerprint density at radius 1 is 1.12 bits per heavy atom. The fourth-order valence-electron chi connectivity index (χ4n) is 2.04. The average Bonchev–Trinajstić information content (AvgIpc) is 2.59. The van der Waals surface area contributed by atoms with Crippen molar-refractivity contribution in [2.24, 2.45) is 0 Å². The number of benzene rings is 2. The van der Waals surface area contributed by atoms with Gasteiger partial charge in [-0.3, -0.25) is 10.2 Å². The van der Waals surface area contributed by atoms with Crippen LogP contribution in [0, 0.1) is 0 Å². The molecule has 1 atom stereocenters. The molecule has 126 valence electrons. The van der Waals surface area contributed by atoms with Gasteiger partial charge in [-0.2, -0.15) is 0 Å². The number of para-hydroxylation sites is 2. The van der Waals surface area contributed by atoms with Crippen LogP contribution in [0.15, 0.2) is 53.4 Å². The van der Waals surface area contributed by atoms with E-state index >= 15 is 0 Å². The minimum absolute atomic E-state index is 0.0261. The summed E-state index contributed by atoms with van der Waals surface area (Å²) >= 11 is 5.77. The van der Waals surface area contributed by atoms with Crippen LogP contribution in [0.1, 0.15) is 0 Å². The lowest BCUT2D eigenvalue weighted by molar-refractivity contribution is -0.130. The molecule has 0 fully saturated rings. The molecule has 1 aliphatic rings. The molecule has 0 aromatic heterocycles. The zero-order chi connectivity index (χ0) is 17.2. The van der Waals surface area contributed by atoms with Crippen molar-refractivity contribution >= 4 is 27.5 Å². The maximum atomic E-state index is 12.1. The Labute approximate surface area is 143 Å². The third-order valence-corrected chi connectivity index (χ3v) is 4.70. The highest BCUT2D eigenvalue weighted by Crippen LogP contribution is 2.30. The van der Waals surface area contributed by atoms with Gasteiger partial charge in [-0.25, -0.2) is 8.42 Å². The number of hydrogen-bond acceptors (Lipinski definition) is 5. The molecule has 7 nitrogen and oxygen atoms in total. The van der Waals surface area contributed by atoms with Crippen molar-refractivity contribution in [2.45, 2.75) is 11.0 Å². The minimum Gasteiger partial charge on any atom is -0.485 e. The van der Waals surface area contributed by atoms with Crippen LogP contribution < -0.4 is 19.7 Å². The molecule has 1 heterocycles. The number of fused-ring (bicyclic) bond motifs is 1. The van der Waals surface area contributed by atoms with Gasteiger partial charge < -0.3 is 9.47 Å². The van der Waals surface area contributed by atoms with Crippen LogP contribution in [0.3, 0.4) is 0 Å². The SMILES string of the molecule is O=C(NNS(=O)(=O)c1cccc(Cl)c1)[C@H]1COc2ccccc2O1. The lowest BCUT2D eigenvalue weighted by atomic mass is 10.2. The van der Waals surface area contributed by atoms with Crippen LogP contribution in [-0.2, 0) is 14.8 Å². The Hall–Kier alpha value is -2.29. The highest BCUT2D eigenvalue weighted by Gasteiger charge is 2.28. The van der Waals surface area contributed by atoms with Crippen LogP contribution in [-0.4, -0.2) is 27.0 Å². The monoisotopic (exact) mass is 368 g/mol. The zero-order valence-corrected chi connectivity index (χ0v) is 13.8. The summed E-state index contributed by atoms with van der Waals surface area (Å²) in [5.74, 6) is 0.276. The fourth-order valence-corrected chi connectivity index (χ4v) is 3.19. The zero-order valence-electron chi connectivity index (χ0n) is 12.2. The van der Waals surface area contributed by atoms with Crippen LogP contribution in [0.25, 0.3) is 0 Å². The standard InChI is InChI=1S/C15H13ClN2O5S/c16-10-4-3-5-11(8-10)24(20,21)18-17-15(19)14-9-22-12-6-1-2-7-13(12)23-14/h1-8,14,18H,9H2,(H,17,19)/t14-/m1/s1. The van der Waals surface area contributed by atoms with Gasteiger partial charge in [0.2, 0.25) is 6.10 Å². The van der Waals surface area contributed by atoms with Gasteiger partial charge in [0.25, 0.3) is 15.9 Å². The Kier molecular flexibility index (Phi) is 4.61. The number of sulfonamides is 1. The molecule has 2 N–H and O–H groups in total. The van der Waals surface area contributed by atoms with Crippen LogP contribution >= 0.6 is 11.6 Å². The van der Waals surface area contributed by atoms with Crippen molar-refractivity contribution in [1.29, 1.82) is 0 Å². The molecule has 24 heavy (non-hydrogen) atoms. The first-order chi connectivity index (χ1) is 11.5. The Morgan fingerprint density at radius 2 is 1.88 bits per heavy atom. The summed E-state index contributed by atoms with van der Waals surface area (Å²) in [7, 11) is -3.94. The van der Waals surface area contributed by atoms with Crippen molar-refractivity contribution in [3.63, 3.8) is 0 Å².